The molecule has 3 heteroatoms. The molecule has 0 spiro atoms. The minimum Gasteiger partial charge on any atom is -0.396 e. The zero-order chi connectivity index (χ0) is 8.27. The van der Waals surface area contributed by atoms with E-state index in [4.69, 9.17) is 9.84 Å². The van der Waals surface area contributed by atoms with Crippen LogP contribution in [0.4, 0.5) is 0 Å². The molecule has 0 heterocycles. The quantitative estimate of drug-likeness (QED) is 0.604. The minimum atomic E-state index is -0.473. The van der Waals surface area contributed by atoms with Crippen LogP contribution in [0, 0.1) is 5.92 Å². The summed E-state index contributed by atoms with van der Waals surface area (Å²) in [5.41, 5.74) is 0. The number of rotatable bonds is 2. The molecule has 0 amide bonds. The van der Waals surface area contributed by atoms with E-state index in [9.17, 15) is 5.11 Å². The second-order valence-corrected chi connectivity index (χ2v) is 3.14. The van der Waals surface area contributed by atoms with Crippen LogP contribution in [0.1, 0.15) is 19.3 Å². The van der Waals surface area contributed by atoms with Gasteiger partial charge < -0.3 is 14.9 Å². The highest BCUT2D eigenvalue weighted by Gasteiger charge is 2.30. The van der Waals surface area contributed by atoms with Crippen molar-refractivity contribution in [2.45, 2.75) is 31.5 Å². The summed E-state index contributed by atoms with van der Waals surface area (Å²) in [7, 11) is 1.60. The van der Waals surface area contributed by atoms with Crippen LogP contribution in [0.15, 0.2) is 0 Å². The molecule has 1 aliphatic rings. The van der Waals surface area contributed by atoms with Crippen LogP contribution in [-0.4, -0.2) is 36.1 Å². The van der Waals surface area contributed by atoms with E-state index >= 15 is 0 Å². The van der Waals surface area contributed by atoms with E-state index in [1.54, 1.807) is 7.11 Å². The lowest BCUT2D eigenvalue weighted by molar-refractivity contribution is -0.0773. The van der Waals surface area contributed by atoms with Gasteiger partial charge in [-0.2, -0.15) is 0 Å². The predicted molar refractivity (Wildman–Crippen MR) is 41.2 cm³/mol. The molecule has 3 atom stereocenters. The molecule has 0 aromatic rings. The molecule has 0 radical (unpaired) electrons. The molecule has 0 aromatic carbocycles. The monoisotopic (exact) mass is 160 g/mol. The first-order valence-electron chi connectivity index (χ1n) is 4.11. The molecule has 3 unspecified atom stereocenters. The predicted octanol–water partition coefficient (Wildman–Crippen LogP) is 0.155. The average molecular weight is 160 g/mol. The fourth-order valence-electron chi connectivity index (χ4n) is 1.68. The maximum absolute atomic E-state index is 9.54. The van der Waals surface area contributed by atoms with E-state index < -0.39 is 6.10 Å². The van der Waals surface area contributed by atoms with E-state index in [1.165, 1.54) is 0 Å². The van der Waals surface area contributed by atoms with Crippen LogP contribution in [0.5, 0.6) is 0 Å². The van der Waals surface area contributed by atoms with Crippen molar-refractivity contribution >= 4 is 0 Å². The normalized spacial score (nSPS) is 39.0. The molecule has 1 saturated carbocycles. The van der Waals surface area contributed by atoms with Gasteiger partial charge in [0.1, 0.15) is 0 Å². The van der Waals surface area contributed by atoms with E-state index in [2.05, 4.69) is 0 Å². The van der Waals surface area contributed by atoms with Crippen molar-refractivity contribution in [3.63, 3.8) is 0 Å². The largest absolute Gasteiger partial charge is 0.396 e. The molecular weight excluding hydrogens is 144 g/mol. The summed E-state index contributed by atoms with van der Waals surface area (Å²) in [6, 6.07) is 0. The maximum atomic E-state index is 9.54. The van der Waals surface area contributed by atoms with Gasteiger partial charge in [-0.15, -0.1) is 0 Å². The number of aliphatic hydroxyl groups excluding tert-OH is 2. The van der Waals surface area contributed by atoms with Gasteiger partial charge in [0, 0.05) is 19.6 Å². The van der Waals surface area contributed by atoms with Crippen molar-refractivity contribution in [3.05, 3.63) is 0 Å². The summed E-state index contributed by atoms with van der Waals surface area (Å²) in [4.78, 5) is 0. The second kappa shape index (κ2) is 4.04. The van der Waals surface area contributed by atoms with Gasteiger partial charge >= 0.3 is 0 Å². The zero-order valence-corrected chi connectivity index (χ0v) is 6.86. The summed E-state index contributed by atoms with van der Waals surface area (Å²) in [6.45, 7) is 0.0705. The average Bonchev–Trinajstić information content (AvgIpc) is 2.05. The van der Waals surface area contributed by atoms with Crippen molar-refractivity contribution in [3.8, 4) is 0 Å². The Morgan fingerprint density at radius 2 is 2.18 bits per heavy atom. The van der Waals surface area contributed by atoms with E-state index in [0.29, 0.717) is 0 Å². The smallest absolute Gasteiger partial charge is 0.0851 e. The molecule has 1 fully saturated rings. The summed E-state index contributed by atoms with van der Waals surface area (Å²) < 4.78 is 5.07. The molecule has 0 saturated heterocycles. The van der Waals surface area contributed by atoms with Gasteiger partial charge in [-0.1, -0.05) is 6.42 Å². The molecule has 0 aliphatic heterocycles. The van der Waals surface area contributed by atoms with Crippen molar-refractivity contribution in [2.24, 2.45) is 5.92 Å². The Morgan fingerprint density at radius 3 is 2.73 bits per heavy atom. The van der Waals surface area contributed by atoms with Crippen LogP contribution in [-0.2, 0) is 4.74 Å². The third-order valence-corrected chi connectivity index (χ3v) is 2.46. The number of hydrogen-bond acceptors (Lipinski definition) is 3. The minimum absolute atomic E-state index is 0.0219. The van der Waals surface area contributed by atoms with Crippen LogP contribution in [0.3, 0.4) is 0 Å². The van der Waals surface area contributed by atoms with Crippen molar-refractivity contribution in [1.29, 1.82) is 0 Å². The van der Waals surface area contributed by atoms with E-state index in [0.717, 1.165) is 19.3 Å². The molecule has 1 aliphatic carbocycles. The van der Waals surface area contributed by atoms with E-state index in [1.807, 2.05) is 0 Å². The standard InChI is InChI=1S/C8H16O3/c1-11-7-4-2-3-6(5-9)8(7)10/h6-10H,2-5H2,1H3. The van der Waals surface area contributed by atoms with Gasteiger partial charge in [0.25, 0.3) is 0 Å². The Balaban J connectivity index is 2.45. The van der Waals surface area contributed by atoms with Crippen LogP contribution >= 0.6 is 0 Å². The van der Waals surface area contributed by atoms with Crippen LogP contribution in [0.2, 0.25) is 0 Å². The molecule has 0 bridgehead atoms. The lowest BCUT2D eigenvalue weighted by Crippen LogP contribution is -2.40. The van der Waals surface area contributed by atoms with Crippen molar-refractivity contribution < 1.29 is 14.9 Å². The van der Waals surface area contributed by atoms with Crippen LogP contribution < -0.4 is 0 Å². The molecule has 3 nitrogen and oxygen atoms in total. The first-order chi connectivity index (χ1) is 5.29. The zero-order valence-electron chi connectivity index (χ0n) is 6.86. The highest BCUT2D eigenvalue weighted by molar-refractivity contribution is 4.81. The Morgan fingerprint density at radius 1 is 1.45 bits per heavy atom. The summed E-state index contributed by atoms with van der Waals surface area (Å²) >= 11 is 0. The first kappa shape index (κ1) is 8.97. The Kier molecular flexibility index (Phi) is 3.30. The highest BCUT2D eigenvalue weighted by atomic mass is 16.5. The van der Waals surface area contributed by atoms with Gasteiger partial charge in [-0.25, -0.2) is 0 Å². The lowest BCUT2D eigenvalue weighted by atomic mass is 9.85. The molecule has 66 valence electrons. The summed E-state index contributed by atoms with van der Waals surface area (Å²) in [5.74, 6) is 0.0219. The highest BCUT2D eigenvalue weighted by Crippen LogP contribution is 2.25. The van der Waals surface area contributed by atoms with Gasteiger partial charge in [-0.05, 0) is 12.8 Å². The fourth-order valence-corrected chi connectivity index (χ4v) is 1.68. The lowest BCUT2D eigenvalue weighted by Gasteiger charge is -2.32. The number of aliphatic hydroxyl groups is 2. The molecule has 2 N–H and O–H groups in total. The molecule has 1 rings (SSSR count). The third-order valence-electron chi connectivity index (χ3n) is 2.46. The van der Waals surface area contributed by atoms with Gasteiger partial charge in [-0.3, -0.25) is 0 Å². The molecule has 0 aromatic heterocycles. The second-order valence-electron chi connectivity index (χ2n) is 3.14. The topological polar surface area (TPSA) is 49.7 Å². The van der Waals surface area contributed by atoms with E-state index in [-0.39, 0.29) is 18.6 Å². The maximum Gasteiger partial charge on any atom is 0.0851 e. The van der Waals surface area contributed by atoms with Gasteiger partial charge in [0.05, 0.1) is 12.2 Å². The molecular formula is C8H16O3. The Labute approximate surface area is 67.0 Å². The number of methoxy groups -OCH3 is 1. The number of ether oxygens (including phenoxy) is 1. The SMILES string of the molecule is COC1CCCC(CO)C1O. The van der Waals surface area contributed by atoms with Gasteiger partial charge in [0.2, 0.25) is 0 Å². The summed E-state index contributed by atoms with van der Waals surface area (Å²) in [5, 5.41) is 18.4. The third kappa shape index (κ3) is 1.92. The molecule has 11 heavy (non-hydrogen) atoms. The first-order valence-corrected chi connectivity index (χ1v) is 4.11. The fraction of sp³-hybridized carbons (Fsp3) is 1.00. The Bertz CT molecular complexity index is 104. The van der Waals surface area contributed by atoms with Crippen molar-refractivity contribution in [2.75, 3.05) is 13.7 Å². The van der Waals surface area contributed by atoms with Gasteiger partial charge in [0.15, 0.2) is 0 Å². The number of hydrogen-bond donors (Lipinski definition) is 2. The summed E-state index contributed by atoms with van der Waals surface area (Å²) in [6.07, 6.45) is 2.33. The van der Waals surface area contributed by atoms with Crippen LogP contribution in [0.25, 0.3) is 0 Å². The van der Waals surface area contributed by atoms with Crippen molar-refractivity contribution in [1.82, 2.24) is 0 Å². The Hall–Kier alpha value is -0.120.